The molecule has 8 nitrogen and oxygen atoms in total. The zero-order chi connectivity index (χ0) is 15.5. The molecule has 0 radical (unpaired) electrons. The average molecular weight is 314 g/mol. The summed E-state index contributed by atoms with van der Waals surface area (Å²) in [6.07, 6.45) is 4.26. The van der Waals surface area contributed by atoms with Crippen molar-refractivity contribution in [2.45, 2.75) is 30.6 Å². The molecule has 0 atom stereocenters. The molecule has 1 fully saturated rings. The van der Waals surface area contributed by atoms with E-state index in [9.17, 15) is 18.5 Å². The Morgan fingerprint density at radius 3 is 2.57 bits per heavy atom. The molecule has 0 amide bonds. The largest absolute Gasteiger partial charge is 0.318 e. The molecule has 0 aliphatic heterocycles. The van der Waals surface area contributed by atoms with Crippen LogP contribution in [0.3, 0.4) is 0 Å². The van der Waals surface area contributed by atoms with Gasteiger partial charge in [0.05, 0.1) is 9.82 Å². The molecular weight excluding hydrogens is 296 g/mol. The van der Waals surface area contributed by atoms with E-state index in [1.165, 1.54) is 12.1 Å². The summed E-state index contributed by atoms with van der Waals surface area (Å²) < 4.78 is 26.9. The van der Waals surface area contributed by atoms with E-state index >= 15 is 0 Å². The zero-order valence-corrected chi connectivity index (χ0v) is 12.2. The molecule has 0 aromatic heterocycles. The molecule has 1 saturated carbocycles. The van der Waals surface area contributed by atoms with Gasteiger partial charge in [0.1, 0.15) is 5.69 Å². The van der Waals surface area contributed by atoms with Gasteiger partial charge >= 0.3 is 0 Å². The van der Waals surface area contributed by atoms with Crippen molar-refractivity contribution in [3.63, 3.8) is 0 Å². The molecule has 0 unspecified atom stereocenters. The van der Waals surface area contributed by atoms with Gasteiger partial charge in [-0.3, -0.25) is 16.0 Å². The number of anilines is 1. The highest BCUT2D eigenvalue weighted by molar-refractivity contribution is 7.89. The third kappa shape index (κ3) is 3.69. The Morgan fingerprint density at radius 2 is 2.00 bits per heavy atom. The molecule has 4 N–H and O–H groups in total. The average Bonchev–Trinajstić information content (AvgIpc) is 2.97. The molecule has 1 aromatic carbocycles. The molecule has 0 saturated heterocycles. The molecule has 1 aromatic rings. The minimum absolute atomic E-state index is 0.0646. The molecule has 1 aliphatic carbocycles. The zero-order valence-electron chi connectivity index (χ0n) is 11.4. The van der Waals surface area contributed by atoms with Gasteiger partial charge in [0.2, 0.25) is 10.0 Å². The predicted octanol–water partition coefficient (Wildman–Crippen LogP) is 1.35. The normalized spacial score (nSPS) is 16.0. The van der Waals surface area contributed by atoms with Crippen molar-refractivity contribution in [2.24, 2.45) is 11.8 Å². The van der Waals surface area contributed by atoms with E-state index in [2.05, 4.69) is 10.1 Å². The van der Waals surface area contributed by atoms with Crippen molar-refractivity contribution < 1.29 is 13.3 Å². The Balaban J connectivity index is 2.18. The number of rotatable bonds is 6. The Labute approximate surface area is 122 Å². The van der Waals surface area contributed by atoms with Crippen LogP contribution >= 0.6 is 0 Å². The van der Waals surface area contributed by atoms with Crippen LogP contribution in [0.15, 0.2) is 23.1 Å². The molecule has 0 spiro atoms. The van der Waals surface area contributed by atoms with Gasteiger partial charge in [-0.1, -0.05) is 12.8 Å². The van der Waals surface area contributed by atoms with Gasteiger partial charge in [-0.2, -0.15) is 0 Å². The van der Waals surface area contributed by atoms with E-state index in [1.807, 2.05) is 0 Å². The molecule has 116 valence electrons. The topological polar surface area (TPSA) is 127 Å². The van der Waals surface area contributed by atoms with E-state index < -0.39 is 14.9 Å². The lowest BCUT2D eigenvalue weighted by Crippen LogP contribution is -2.28. The fourth-order valence-electron chi connectivity index (χ4n) is 2.48. The molecule has 9 heteroatoms. The maximum atomic E-state index is 12.2. The Hall–Kier alpha value is -1.71. The first-order valence-electron chi connectivity index (χ1n) is 6.69. The maximum Gasteiger partial charge on any atom is 0.294 e. The highest BCUT2D eigenvalue weighted by atomic mass is 32.2. The molecule has 21 heavy (non-hydrogen) atoms. The third-order valence-electron chi connectivity index (χ3n) is 3.67. The van der Waals surface area contributed by atoms with Crippen LogP contribution in [0.4, 0.5) is 11.4 Å². The Morgan fingerprint density at radius 1 is 1.33 bits per heavy atom. The van der Waals surface area contributed by atoms with Gasteiger partial charge in [0.25, 0.3) is 5.69 Å². The van der Waals surface area contributed by atoms with Gasteiger partial charge in [0, 0.05) is 12.6 Å². The van der Waals surface area contributed by atoms with Crippen LogP contribution in [0.1, 0.15) is 25.7 Å². The Bertz CT molecular complexity index is 626. The van der Waals surface area contributed by atoms with Crippen molar-refractivity contribution in [2.75, 3.05) is 12.0 Å². The molecule has 1 aliphatic rings. The molecule has 0 bridgehead atoms. The number of hydrazine groups is 1. The standard InChI is InChI=1S/C12H18N4O4S/c13-15-11-6-5-10(7-12(11)16(17)18)21(19,20)14-8-9-3-1-2-4-9/h5-7,9,14-15H,1-4,8,13H2. The van der Waals surface area contributed by atoms with Gasteiger partial charge in [-0.05, 0) is 30.9 Å². The predicted molar refractivity (Wildman–Crippen MR) is 78.1 cm³/mol. The number of hydrogen-bond donors (Lipinski definition) is 3. The number of hydrogen-bond acceptors (Lipinski definition) is 6. The minimum atomic E-state index is -3.75. The number of nitrogens with two attached hydrogens (primary N) is 1. The van der Waals surface area contributed by atoms with E-state index in [1.54, 1.807) is 0 Å². The lowest BCUT2D eigenvalue weighted by molar-refractivity contribution is -0.384. The number of nitro benzene ring substituents is 1. The van der Waals surface area contributed by atoms with E-state index in [0.717, 1.165) is 31.7 Å². The third-order valence-corrected chi connectivity index (χ3v) is 5.09. The smallest absolute Gasteiger partial charge is 0.294 e. The summed E-state index contributed by atoms with van der Waals surface area (Å²) in [6.45, 7) is 0.368. The van der Waals surface area contributed by atoms with Gasteiger partial charge in [-0.15, -0.1) is 0 Å². The fourth-order valence-corrected chi connectivity index (χ4v) is 3.61. The van der Waals surface area contributed by atoms with Crippen molar-refractivity contribution in [3.8, 4) is 0 Å². The first kappa shape index (κ1) is 15.7. The number of nitrogens with one attached hydrogen (secondary N) is 2. The number of nitrogen functional groups attached to an aromatic ring is 1. The van der Waals surface area contributed by atoms with Crippen LogP contribution in [0.5, 0.6) is 0 Å². The first-order valence-corrected chi connectivity index (χ1v) is 8.17. The van der Waals surface area contributed by atoms with Crippen LogP contribution in [0.2, 0.25) is 0 Å². The van der Waals surface area contributed by atoms with Gasteiger partial charge < -0.3 is 5.43 Å². The summed E-state index contributed by atoms with van der Waals surface area (Å²) in [5, 5.41) is 10.9. The van der Waals surface area contributed by atoms with Crippen molar-refractivity contribution in [3.05, 3.63) is 28.3 Å². The summed E-state index contributed by atoms with van der Waals surface area (Å²) in [6, 6.07) is 3.58. The number of nitro groups is 1. The van der Waals surface area contributed by atoms with E-state index in [-0.39, 0.29) is 16.3 Å². The molecule has 0 heterocycles. The number of nitrogens with zero attached hydrogens (tertiary/aromatic N) is 1. The van der Waals surface area contributed by atoms with Crippen LogP contribution in [-0.2, 0) is 10.0 Å². The van der Waals surface area contributed by atoms with Crippen LogP contribution in [-0.4, -0.2) is 19.9 Å². The first-order chi connectivity index (χ1) is 9.94. The summed E-state index contributed by atoms with van der Waals surface area (Å²) in [5.41, 5.74) is 1.87. The highest BCUT2D eigenvalue weighted by Crippen LogP contribution is 2.27. The maximum absolute atomic E-state index is 12.2. The van der Waals surface area contributed by atoms with Gasteiger partial charge in [0.15, 0.2) is 0 Å². The number of benzene rings is 1. The second-order valence-electron chi connectivity index (χ2n) is 5.08. The summed E-state index contributed by atoms with van der Waals surface area (Å²) in [4.78, 5) is 10.1. The molecule has 2 rings (SSSR count). The van der Waals surface area contributed by atoms with Crippen molar-refractivity contribution in [1.82, 2.24) is 4.72 Å². The van der Waals surface area contributed by atoms with Crippen molar-refractivity contribution >= 4 is 21.4 Å². The van der Waals surface area contributed by atoms with Crippen LogP contribution in [0, 0.1) is 16.0 Å². The minimum Gasteiger partial charge on any atom is -0.318 e. The van der Waals surface area contributed by atoms with E-state index in [4.69, 9.17) is 5.84 Å². The lowest BCUT2D eigenvalue weighted by Gasteiger charge is -2.11. The lowest BCUT2D eigenvalue weighted by atomic mass is 10.1. The molecular formula is C12H18N4O4S. The Kier molecular flexibility index (Phi) is 4.76. The SMILES string of the molecule is NNc1ccc(S(=O)(=O)NCC2CCCC2)cc1[N+](=O)[O-]. The van der Waals surface area contributed by atoms with Crippen molar-refractivity contribution in [1.29, 1.82) is 0 Å². The van der Waals surface area contributed by atoms with Gasteiger partial charge in [-0.25, -0.2) is 13.1 Å². The fraction of sp³-hybridized carbons (Fsp3) is 0.500. The van der Waals surface area contributed by atoms with E-state index in [0.29, 0.717) is 12.5 Å². The van der Waals surface area contributed by atoms with Crippen LogP contribution < -0.4 is 16.0 Å². The summed E-state index contributed by atoms with van der Waals surface area (Å²) >= 11 is 0. The highest BCUT2D eigenvalue weighted by Gasteiger charge is 2.23. The van der Waals surface area contributed by atoms with Crippen LogP contribution in [0.25, 0.3) is 0 Å². The number of sulfonamides is 1. The second-order valence-corrected chi connectivity index (χ2v) is 6.85. The monoisotopic (exact) mass is 314 g/mol. The quantitative estimate of drug-likeness (QED) is 0.413. The summed E-state index contributed by atoms with van der Waals surface area (Å²) in [5.74, 6) is 5.52. The summed E-state index contributed by atoms with van der Waals surface area (Å²) in [7, 11) is -3.75. The second kappa shape index (κ2) is 6.37.